The van der Waals surface area contributed by atoms with Crippen molar-refractivity contribution in [3.63, 3.8) is 0 Å². The lowest BCUT2D eigenvalue weighted by atomic mass is 9.87. The molecule has 0 bridgehead atoms. The van der Waals surface area contributed by atoms with Gasteiger partial charge >= 0.3 is 0 Å². The van der Waals surface area contributed by atoms with Crippen LogP contribution >= 0.6 is 0 Å². The summed E-state index contributed by atoms with van der Waals surface area (Å²) in [6.07, 6.45) is 4.02. The van der Waals surface area contributed by atoms with Gasteiger partial charge in [-0.1, -0.05) is 19.0 Å². The molecule has 0 saturated carbocycles. The van der Waals surface area contributed by atoms with E-state index in [9.17, 15) is 4.39 Å². The van der Waals surface area contributed by atoms with Gasteiger partial charge in [-0.25, -0.2) is 9.37 Å². The number of nitrogens with zero attached hydrogens (tertiary/aromatic N) is 4. The summed E-state index contributed by atoms with van der Waals surface area (Å²) in [5, 5.41) is 7.05. The maximum Gasteiger partial charge on any atom is 0.230 e. The summed E-state index contributed by atoms with van der Waals surface area (Å²) < 4.78 is 24.6. The number of piperidine rings is 1. The summed E-state index contributed by atoms with van der Waals surface area (Å²) in [5.41, 5.74) is 0.728. The largest absolute Gasteiger partial charge is 0.497 e. The first-order chi connectivity index (χ1) is 14.5. The molecule has 3 aromatic rings. The molecule has 158 valence electrons. The Bertz CT molecular complexity index is 999. The minimum absolute atomic E-state index is 0.337. The van der Waals surface area contributed by atoms with Crippen LogP contribution < -0.4 is 15.0 Å². The van der Waals surface area contributed by atoms with Gasteiger partial charge in [0.2, 0.25) is 11.8 Å². The van der Waals surface area contributed by atoms with Gasteiger partial charge in [0, 0.05) is 37.0 Å². The van der Waals surface area contributed by atoms with E-state index in [0.29, 0.717) is 40.6 Å². The van der Waals surface area contributed by atoms with E-state index in [1.54, 1.807) is 30.5 Å². The van der Waals surface area contributed by atoms with Crippen LogP contribution in [0.2, 0.25) is 0 Å². The first-order valence-electron chi connectivity index (χ1n) is 10.2. The van der Waals surface area contributed by atoms with Crippen molar-refractivity contribution >= 4 is 17.7 Å². The third-order valence-electron chi connectivity index (χ3n) is 5.62. The Balaban J connectivity index is 1.45. The molecule has 1 N–H and O–H groups in total. The summed E-state index contributed by atoms with van der Waals surface area (Å²) in [5.74, 6) is 3.16. The van der Waals surface area contributed by atoms with E-state index in [2.05, 4.69) is 39.2 Å². The molecule has 0 spiro atoms. The van der Waals surface area contributed by atoms with Crippen molar-refractivity contribution in [2.24, 2.45) is 11.8 Å². The molecule has 0 radical (unpaired) electrons. The highest BCUT2D eigenvalue weighted by Crippen LogP contribution is 2.29. The molecule has 1 aromatic carbocycles. The Kier molecular flexibility index (Phi) is 5.83. The summed E-state index contributed by atoms with van der Waals surface area (Å²) in [6.45, 7) is 6.47. The molecule has 0 unspecified atom stereocenters. The number of methoxy groups -OCH3 is 1. The van der Waals surface area contributed by atoms with E-state index in [-0.39, 0.29) is 0 Å². The Hall–Kier alpha value is -3.16. The predicted octanol–water partition coefficient (Wildman–Crippen LogP) is 4.90. The van der Waals surface area contributed by atoms with Crippen LogP contribution in [0.25, 0.3) is 11.3 Å². The highest BCUT2D eigenvalue weighted by Gasteiger charge is 2.23. The van der Waals surface area contributed by atoms with Crippen molar-refractivity contribution in [2.75, 3.05) is 30.4 Å². The lowest BCUT2D eigenvalue weighted by molar-refractivity contribution is 0.310. The van der Waals surface area contributed by atoms with Crippen LogP contribution in [0.5, 0.6) is 5.75 Å². The molecule has 1 aliphatic heterocycles. The minimum Gasteiger partial charge on any atom is -0.497 e. The summed E-state index contributed by atoms with van der Waals surface area (Å²) in [4.78, 5) is 11.2. The van der Waals surface area contributed by atoms with Crippen LogP contribution in [-0.2, 0) is 0 Å². The summed E-state index contributed by atoms with van der Waals surface area (Å²) in [6, 6.07) is 8.01. The molecular formula is C22H26FN5O2. The molecule has 4 rings (SSSR count). The van der Waals surface area contributed by atoms with E-state index in [1.165, 1.54) is 13.2 Å². The second-order valence-corrected chi connectivity index (χ2v) is 7.86. The van der Waals surface area contributed by atoms with Gasteiger partial charge in [0.1, 0.15) is 23.1 Å². The minimum atomic E-state index is -0.427. The number of anilines is 3. The lowest BCUT2D eigenvalue weighted by Gasteiger charge is -2.33. The van der Waals surface area contributed by atoms with Crippen molar-refractivity contribution in [3.8, 4) is 17.0 Å². The Morgan fingerprint density at radius 2 is 2.00 bits per heavy atom. The van der Waals surface area contributed by atoms with Crippen LogP contribution in [0.15, 0.2) is 41.1 Å². The number of benzene rings is 1. The van der Waals surface area contributed by atoms with E-state index < -0.39 is 5.82 Å². The zero-order valence-corrected chi connectivity index (χ0v) is 17.4. The third-order valence-corrected chi connectivity index (χ3v) is 5.62. The second kappa shape index (κ2) is 8.69. The molecule has 0 amide bonds. The van der Waals surface area contributed by atoms with Crippen LogP contribution in [0.3, 0.4) is 0 Å². The van der Waals surface area contributed by atoms with Gasteiger partial charge < -0.3 is 19.5 Å². The standard InChI is InChI=1S/C22H26FN5O2/c1-14(2)15-7-10-28(11-8-15)22-24-9-6-20(26-22)25-21-13-19(27-30-21)17-5-4-16(29-3)12-18(17)23/h4-6,9,12-15H,7-8,10-11H2,1-3H3,(H,24,25,26). The normalized spacial score (nSPS) is 14.9. The van der Waals surface area contributed by atoms with Gasteiger partial charge in [-0.05, 0) is 42.9 Å². The lowest BCUT2D eigenvalue weighted by Crippen LogP contribution is -2.36. The number of rotatable bonds is 6. The molecule has 3 heterocycles. The molecule has 1 fully saturated rings. The fourth-order valence-corrected chi connectivity index (χ4v) is 3.75. The first kappa shape index (κ1) is 20.1. The zero-order valence-electron chi connectivity index (χ0n) is 17.4. The van der Waals surface area contributed by atoms with Crippen molar-refractivity contribution < 1.29 is 13.7 Å². The summed E-state index contributed by atoms with van der Waals surface area (Å²) in [7, 11) is 1.50. The SMILES string of the molecule is COc1ccc(-c2cc(Nc3ccnc(N4CCC(C(C)C)CC4)n3)on2)c(F)c1. The number of ether oxygens (including phenoxy) is 1. The van der Waals surface area contributed by atoms with Gasteiger partial charge in [0.25, 0.3) is 0 Å². The maximum absolute atomic E-state index is 14.3. The fraction of sp³-hybridized carbons (Fsp3) is 0.409. The Morgan fingerprint density at radius 1 is 1.20 bits per heavy atom. The maximum atomic E-state index is 14.3. The van der Waals surface area contributed by atoms with Crippen LogP contribution in [0, 0.1) is 17.7 Å². The Morgan fingerprint density at radius 3 is 2.70 bits per heavy atom. The van der Waals surface area contributed by atoms with Crippen LogP contribution in [0.1, 0.15) is 26.7 Å². The topological polar surface area (TPSA) is 76.3 Å². The van der Waals surface area contributed by atoms with Gasteiger partial charge in [0.05, 0.1) is 7.11 Å². The number of hydrogen-bond acceptors (Lipinski definition) is 7. The molecule has 0 atom stereocenters. The highest BCUT2D eigenvalue weighted by atomic mass is 19.1. The molecule has 7 nitrogen and oxygen atoms in total. The van der Waals surface area contributed by atoms with Crippen molar-refractivity contribution in [2.45, 2.75) is 26.7 Å². The van der Waals surface area contributed by atoms with Crippen molar-refractivity contribution in [3.05, 3.63) is 42.3 Å². The average molecular weight is 411 g/mol. The number of aromatic nitrogens is 3. The molecule has 1 saturated heterocycles. The first-order valence-corrected chi connectivity index (χ1v) is 10.2. The highest BCUT2D eigenvalue weighted by molar-refractivity contribution is 5.65. The number of halogens is 1. The fourth-order valence-electron chi connectivity index (χ4n) is 3.75. The van der Waals surface area contributed by atoms with Gasteiger partial charge in [-0.2, -0.15) is 4.98 Å². The van der Waals surface area contributed by atoms with E-state index in [1.807, 2.05) is 0 Å². The molecule has 0 aliphatic carbocycles. The van der Waals surface area contributed by atoms with Gasteiger partial charge in [-0.3, -0.25) is 0 Å². The monoisotopic (exact) mass is 411 g/mol. The van der Waals surface area contributed by atoms with Crippen LogP contribution in [0.4, 0.5) is 22.0 Å². The third kappa shape index (κ3) is 4.37. The average Bonchev–Trinajstić information content (AvgIpc) is 3.22. The second-order valence-electron chi connectivity index (χ2n) is 7.86. The van der Waals surface area contributed by atoms with E-state index in [4.69, 9.17) is 9.26 Å². The smallest absolute Gasteiger partial charge is 0.230 e. The number of nitrogens with one attached hydrogen (secondary N) is 1. The molecule has 1 aliphatic rings. The Labute approximate surface area is 175 Å². The zero-order chi connectivity index (χ0) is 21.1. The quantitative estimate of drug-likeness (QED) is 0.618. The van der Waals surface area contributed by atoms with E-state index >= 15 is 0 Å². The van der Waals surface area contributed by atoms with Crippen molar-refractivity contribution in [1.29, 1.82) is 0 Å². The van der Waals surface area contributed by atoms with Crippen LogP contribution in [-0.4, -0.2) is 35.3 Å². The van der Waals surface area contributed by atoms with E-state index in [0.717, 1.165) is 31.8 Å². The molecular weight excluding hydrogens is 385 g/mol. The molecule has 8 heteroatoms. The van der Waals surface area contributed by atoms with Gasteiger partial charge in [0.15, 0.2) is 0 Å². The molecule has 30 heavy (non-hydrogen) atoms. The summed E-state index contributed by atoms with van der Waals surface area (Å²) >= 11 is 0. The van der Waals surface area contributed by atoms with Crippen molar-refractivity contribution in [1.82, 2.24) is 15.1 Å². The number of hydrogen-bond donors (Lipinski definition) is 1. The molecule has 2 aromatic heterocycles. The van der Waals surface area contributed by atoms with Gasteiger partial charge in [-0.15, -0.1) is 0 Å². The predicted molar refractivity (Wildman–Crippen MR) is 114 cm³/mol.